The predicted octanol–water partition coefficient (Wildman–Crippen LogP) is 2.92. The standard InChI is InChI=1S/C14H24N2O/c1-5-8-15-9-13-6-7-14(16-12(13)4)17-10-11(2)3/h6-7,11,15H,5,8-10H2,1-4H3. The minimum absolute atomic E-state index is 0.531. The lowest BCUT2D eigenvalue weighted by Gasteiger charge is -2.11. The number of ether oxygens (including phenoxy) is 1. The zero-order valence-electron chi connectivity index (χ0n) is 11.4. The van der Waals surface area contributed by atoms with Gasteiger partial charge < -0.3 is 10.1 Å². The van der Waals surface area contributed by atoms with Gasteiger partial charge in [0.15, 0.2) is 0 Å². The Balaban J connectivity index is 2.53. The van der Waals surface area contributed by atoms with E-state index in [0.29, 0.717) is 5.92 Å². The molecule has 0 radical (unpaired) electrons. The molecule has 0 atom stereocenters. The van der Waals surface area contributed by atoms with Crippen LogP contribution < -0.4 is 10.1 Å². The second-order valence-corrected chi connectivity index (χ2v) is 4.78. The number of nitrogens with one attached hydrogen (secondary N) is 1. The lowest BCUT2D eigenvalue weighted by Crippen LogP contribution is -2.15. The van der Waals surface area contributed by atoms with Gasteiger partial charge in [-0.2, -0.15) is 0 Å². The third-order valence-electron chi connectivity index (χ3n) is 2.48. The second-order valence-electron chi connectivity index (χ2n) is 4.78. The summed E-state index contributed by atoms with van der Waals surface area (Å²) in [5.74, 6) is 1.26. The van der Waals surface area contributed by atoms with Gasteiger partial charge in [-0.15, -0.1) is 0 Å². The molecular weight excluding hydrogens is 212 g/mol. The van der Waals surface area contributed by atoms with Gasteiger partial charge in [-0.05, 0) is 31.4 Å². The highest BCUT2D eigenvalue weighted by molar-refractivity contribution is 5.24. The van der Waals surface area contributed by atoms with E-state index in [1.165, 1.54) is 5.56 Å². The minimum Gasteiger partial charge on any atom is -0.477 e. The molecule has 0 aromatic carbocycles. The molecule has 0 spiro atoms. The first-order valence-corrected chi connectivity index (χ1v) is 6.43. The SMILES string of the molecule is CCCNCc1ccc(OCC(C)C)nc1C. The van der Waals surface area contributed by atoms with E-state index in [2.05, 4.69) is 37.1 Å². The molecule has 0 saturated carbocycles. The molecule has 0 fully saturated rings. The first-order valence-electron chi connectivity index (χ1n) is 6.43. The summed E-state index contributed by atoms with van der Waals surface area (Å²) in [7, 11) is 0. The molecule has 0 aliphatic carbocycles. The Morgan fingerprint density at radius 2 is 2.12 bits per heavy atom. The number of pyridine rings is 1. The topological polar surface area (TPSA) is 34.1 Å². The molecule has 17 heavy (non-hydrogen) atoms. The van der Waals surface area contributed by atoms with E-state index in [0.717, 1.165) is 37.7 Å². The van der Waals surface area contributed by atoms with E-state index in [4.69, 9.17) is 4.74 Å². The summed E-state index contributed by atoms with van der Waals surface area (Å²) in [5.41, 5.74) is 2.30. The van der Waals surface area contributed by atoms with Crippen molar-refractivity contribution >= 4 is 0 Å². The van der Waals surface area contributed by atoms with E-state index in [9.17, 15) is 0 Å². The van der Waals surface area contributed by atoms with Crippen LogP contribution in [0.1, 0.15) is 38.4 Å². The molecule has 1 heterocycles. The summed E-state index contributed by atoms with van der Waals surface area (Å²) in [6, 6.07) is 4.05. The maximum absolute atomic E-state index is 5.60. The molecule has 1 rings (SSSR count). The second kappa shape index (κ2) is 7.28. The Morgan fingerprint density at radius 3 is 2.71 bits per heavy atom. The van der Waals surface area contributed by atoms with Crippen molar-refractivity contribution in [2.24, 2.45) is 5.92 Å². The van der Waals surface area contributed by atoms with Crippen molar-refractivity contribution in [3.8, 4) is 5.88 Å². The number of hydrogen-bond acceptors (Lipinski definition) is 3. The van der Waals surface area contributed by atoms with Gasteiger partial charge in [0.1, 0.15) is 0 Å². The van der Waals surface area contributed by atoms with Gasteiger partial charge in [0.25, 0.3) is 0 Å². The van der Waals surface area contributed by atoms with E-state index in [-0.39, 0.29) is 0 Å². The molecule has 3 nitrogen and oxygen atoms in total. The average Bonchev–Trinajstić information content (AvgIpc) is 2.29. The highest BCUT2D eigenvalue weighted by Crippen LogP contribution is 2.13. The fraction of sp³-hybridized carbons (Fsp3) is 0.643. The minimum atomic E-state index is 0.531. The van der Waals surface area contributed by atoms with Crippen LogP contribution >= 0.6 is 0 Å². The summed E-state index contributed by atoms with van der Waals surface area (Å²) in [6.07, 6.45) is 1.15. The lowest BCUT2D eigenvalue weighted by molar-refractivity contribution is 0.261. The molecule has 1 aromatic rings. The van der Waals surface area contributed by atoms with E-state index in [1.807, 2.05) is 13.0 Å². The van der Waals surface area contributed by atoms with Gasteiger partial charge in [-0.25, -0.2) is 4.98 Å². The molecule has 3 heteroatoms. The fourth-order valence-corrected chi connectivity index (χ4v) is 1.49. The zero-order chi connectivity index (χ0) is 12.7. The molecule has 0 bridgehead atoms. The van der Waals surface area contributed by atoms with Gasteiger partial charge >= 0.3 is 0 Å². The maximum atomic E-state index is 5.60. The third-order valence-corrected chi connectivity index (χ3v) is 2.48. The van der Waals surface area contributed by atoms with Crippen LogP contribution in [0.5, 0.6) is 5.88 Å². The van der Waals surface area contributed by atoms with Gasteiger partial charge in [-0.3, -0.25) is 0 Å². The van der Waals surface area contributed by atoms with Crippen LogP contribution in [0.25, 0.3) is 0 Å². The van der Waals surface area contributed by atoms with Gasteiger partial charge in [-0.1, -0.05) is 26.8 Å². The van der Waals surface area contributed by atoms with Crippen LogP contribution in [0.4, 0.5) is 0 Å². The smallest absolute Gasteiger partial charge is 0.213 e. The predicted molar refractivity (Wildman–Crippen MR) is 71.3 cm³/mol. The normalized spacial score (nSPS) is 10.9. The molecule has 0 aliphatic heterocycles. The highest BCUT2D eigenvalue weighted by atomic mass is 16.5. The summed E-state index contributed by atoms with van der Waals surface area (Å²) in [5, 5.41) is 3.38. The summed E-state index contributed by atoms with van der Waals surface area (Å²) in [4.78, 5) is 4.46. The summed E-state index contributed by atoms with van der Waals surface area (Å²) < 4.78 is 5.60. The largest absolute Gasteiger partial charge is 0.477 e. The molecule has 0 aliphatic rings. The van der Waals surface area contributed by atoms with Gasteiger partial charge in [0.2, 0.25) is 5.88 Å². The molecule has 1 aromatic heterocycles. The fourth-order valence-electron chi connectivity index (χ4n) is 1.49. The van der Waals surface area contributed by atoms with Crippen LogP contribution in [-0.2, 0) is 6.54 Å². The Morgan fingerprint density at radius 1 is 1.35 bits per heavy atom. The Labute approximate surface area is 105 Å². The van der Waals surface area contributed by atoms with Crippen molar-refractivity contribution in [2.45, 2.75) is 40.7 Å². The monoisotopic (exact) mass is 236 g/mol. The molecule has 0 saturated heterocycles. The molecule has 0 unspecified atom stereocenters. The van der Waals surface area contributed by atoms with Gasteiger partial charge in [0, 0.05) is 18.3 Å². The number of aryl methyl sites for hydroxylation is 1. The van der Waals surface area contributed by atoms with Crippen molar-refractivity contribution in [1.82, 2.24) is 10.3 Å². The number of aromatic nitrogens is 1. The van der Waals surface area contributed by atoms with Gasteiger partial charge in [0.05, 0.1) is 6.61 Å². The number of nitrogens with zero attached hydrogens (tertiary/aromatic N) is 1. The van der Waals surface area contributed by atoms with E-state index >= 15 is 0 Å². The zero-order valence-corrected chi connectivity index (χ0v) is 11.4. The van der Waals surface area contributed by atoms with Crippen LogP contribution in [0.15, 0.2) is 12.1 Å². The van der Waals surface area contributed by atoms with E-state index < -0.39 is 0 Å². The van der Waals surface area contributed by atoms with Crippen molar-refractivity contribution in [3.63, 3.8) is 0 Å². The van der Waals surface area contributed by atoms with Crippen molar-refractivity contribution < 1.29 is 4.74 Å². The first kappa shape index (κ1) is 14.0. The maximum Gasteiger partial charge on any atom is 0.213 e. The van der Waals surface area contributed by atoms with Crippen LogP contribution in [0.2, 0.25) is 0 Å². The van der Waals surface area contributed by atoms with Crippen molar-refractivity contribution in [1.29, 1.82) is 0 Å². The van der Waals surface area contributed by atoms with Crippen LogP contribution in [0.3, 0.4) is 0 Å². The molecule has 1 N–H and O–H groups in total. The number of rotatable bonds is 7. The summed E-state index contributed by atoms with van der Waals surface area (Å²) in [6.45, 7) is 11.1. The molecular formula is C14H24N2O. The van der Waals surface area contributed by atoms with Crippen LogP contribution in [0, 0.1) is 12.8 Å². The molecule has 0 amide bonds. The number of hydrogen-bond donors (Lipinski definition) is 1. The van der Waals surface area contributed by atoms with Crippen molar-refractivity contribution in [3.05, 3.63) is 23.4 Å². The van der Waals surface area contributed by atoms with Crippen molar-refractivity contribution in [2.75, 3.05) is 13.2 Å². The summed E-state index contributed by atoms with van der Waals surface area (Å²) >= 11 is 0. The van der Waals surface area contributed by atoms with Crippen LogP contribution in [-0.4, -0.2) is 18.1 Å². The lowest BCUT2D eigenvalue weighted by atomic mass is 10.2. The quantitative estimate of drug-likeness (QED) is 0.739. The Hall–Kier alpha value is -1.09. The van der Waals surface area contributed by atoms with E-state index in [1.54, 1.807) is 0 Å². The third kappa shape index (κ3) is 5.18. The Bertz CT molecular complexity index is 337. The first-order chi connectivity index (χ1) is 8.13. The highest BCUT2D eigenvalue weighted by Gasteiger charge is 2.03. The Kier molecular flexibility index (Phi) is 5.98. The molecule has 96 valence electrons. The average molecular weight is 236 g/mol.